The first-order valence-electron chi connectivity index (χ1n) is 8.78. The number of rotatable bonds is 2. The molecule has 2 aromatic carbocycles. The number of aromatic nitrogens is 1. The van der Waals surface area contributed by atoms with Crippen LogP contribution < -0.4 is 11.2 Å². The molecule has 0 spiro atoms. The maximum absolute atomic E-state index is 13.0. The molecule has 26 heavy (non-hydrogen) atoms. The Morgan fingerprint density at radius 1 is 1.08 bits per heavy atom. The summed E-state index contributed by atoms with van der Waals surface area (Å²) in [5.74, 6) is 0.606. The van der Waals surface area contributed by atoms with Gasteiger partial charge in [0.2, 0.25) is 0 Å². The topological polar surface area (TPSA) is 72.0 Å². The van der Waals surface area contributed by atoms with E-state index in [1.807, 2.05) is 52.0 Å². The maximum atomic E-state index is 13.0. The SMILES string of the molecule is Cc1cc(C(C)N)c2oc(-c3ccc4[nH]c(C)cc4c3)c(C)c(=O)c2c1. The average molecular weight is 346 g/mol. The quantitative estimate of drug-likeness (QED) is 0.543. The molecule has 4 heteroatoms. The Kier molecular flexibility index (Phi) is 3.74. The summed E-state index contributed by atoms with van der Waals surface area (Å²) in [6.45, 7) is 7.72. The highest BCUT2D eigenvalue weighted by Gasteiger charge is 2.17. The Balaban J connectivity index is 2.05. The van der Waals surface area contributed by atoms with E-state index in [0.29, 0.717) is 22.3 Å². The Morgan fingerprint density at radius 2 is 1.85 bits per heavy atom. The molecule has 0 aliphatic rings. The zero-order valence-electron chi connectivity index (χ0n) is 15.4. The van der Waals surface area contributed by atoms with Gasteiger partial charge in [-0.15, -0.1) is 0 Å². The lowest BCUT2D eigenvalue weighted by Gasteiger charge is -2.13. The van der Waals surface area contributed by atoms with Crippen molar-refractivity contribution in [2.75, 3.05) is 0 Å². The summed E-state index contributed by atoms with van der Waals surface area (Å²) >= 11 is 0. The summed E-state index contributed by atoms with van der Waals surface area (Å²) in [5.41, 5.74) is 12.3. The van der Waals surface area contributed by atoms with E-state index in [9.17, 15) is 4.79 Å². The van der Waals surface area contributed by atoms with Crippen molar-refractivity contribution in [2.24, 2.45) is 5.73 Å². The van der Waals surface area contributed by atoms with Crippen LogP contribution in [0.3, 0.4) is 0 Å². The van der Waals surface area contributed by atoms with Crippen molar-refractivity contribution >= 4 is 21.9 Å². The molecule has 4 aromatic rings. The molecule has 0 amide bonds. The van der Waals surface area contributed by atoms with Gasteiger partial charge >= 0.3 is 0 Å². The Labute approximate surface area is 151 Å². The van der Waals surface area contributed by atoms with Crippen molar-refractivity contribution in [3.8, 4) is 11.3 Å². The van der Waals surface area contributed by atoms with Crippen LogP contribution in [-0.2, 0) is 0 Å². The van der Waals surface area contributed by atoms with Crippen LogP contribution in [0.15, 0.2) is 45.6 Å². The van der Waals surface area contributed by atoms with E-state index in [1.165, 1.54) is 0 Å². The minimum Gasteiger partial charge on any atom is -0.455 e. The van der Waals surface area contributed by atoms with E-state index in [2.05, 4.69) is 17.1 Å². The predicted octanol–water partition coefficient (Wildman–Crippen LogP) is 4.89. The minimum atomic E-state index is -0.217. The highest BCUT2D eigenvalue weighted by atomic mass is 16.3. The van der Waals surface area contributed by atoms with Crippen LogP contribution in [0.5, 0.6) is 0 Å². The molecule has 0 aliphatic carbocycles. The van der Waals surface area contributed by atoms with Gasteiger partial charge in [-0.05, 0) is 63.6 Å². The number of benzene rings is 2. The minimum absolute atomic E-state index is 0.00260. The van der Waals surface area contributed by atoms with Crippen LogP contribution in [0.1, 0.15) is 35.3 Å². The highest BCUT2D eigenvalue weighted by Crippen LogP contribution is 2.31. The summed E-state index contributed by atoms with van der Waals surface area (Å²) in [7, 11) is 0. The molecule has 0 saturated carbocycles. The third kappa shape index (κ3) is 2.54. The number of aryl methyl sites for hydroxylation is 2. The molecule has 2 heterocycles. The lowest BCUT2D eigenvalue weighted by atomic mass is 9.99. The van der Waals surface area contributed by atoms with Crippen molar-refractivity contribution in [3.05, 3.63) is 69.0 Å². The van der Waals surface area contributed by atoms with Gasteiger partial charge in [0, 0.05) is 39.3 Å². The van der Waals surface area contributed by atoms with Crippen LogP contribution in [0, 0.1) is 20.8 Å². The first kappa shape index (κ1) is 16.6. The van der Waals surface area contributed by atoms with Gasteiger partial charge in [0.1, 0.15) is 11.3 Å². The molecule has 1 atom stereocenters. The third-order valence-corrected chi connectivity index (χ3v) is 4.90. The maximum Gasteiger partial charge on any atom is 0.196 e. The van der Waals surface area contributed by atoms with Gasteiger partial charge in [-0.1, -0.05) is 6.07 Å². The van der Waals surface area contributed by atoms with Crippen LogP contribution in [0.4, 0.5) is 0 Å². The molecule has 132 valence electrons. The molecular weight excluding hydrogens is 324 g/mol. The van der Waals surface area contributed by atoms with Gasteiger partial charge in [0.25, 0.3) is 0 Å². The zero-order chi connectivity index (χ0) is 18.6. The molecule has 2 aromatic heterocycles. The van der Waals surface area contributed by atoms with Gasteiger partial charge in [0.15, 0.2) is 5.43 Å². The predicted molar refractivity (Wildman–Crippen MR) is 107 cm³/mol. The van der Waals surface area contributed by atoms with Crippen LogP contribution in [0.25, 0.3) is 33.2 Å². The summed E-state index contributed by atoms with van der Waals surface area (Å²) in [4.78, 5) is 16.3. The normalized spacial score (nSPS) is 12.8. The number of hydrogen-bond acceptors (Lipinski definition) is 3. The average Bonchev–Trinajstić information content (AvgIpc) is 2.96. The number of aromatic amines is 1. The highest BCUT2D eigenvalue weighted by molar-refractivity contribution is 5.88. The zero-order valence-corrected chi connectivity index (χ0v) is 15.4. The summed E-state index contributed by atoms with van der Waals surface area (Å²) in [6.07, 6.45) is 0. The molecule has 0 aliphatic heterocycles. The smallest absolute Gasteiger partial charge is 0.196 e. The standard InChI is InChI=1S/C22H22N2O2/c1-11-7-17(14(4)23)22-18(8-11)20(25)13(3)21(26-22)15-5-6-19-16(10-15)9-12(2)24-19/h5-10,14,24H,23H2,1-4H3. The molecule has 1 unspecified atom stereocenters. The van der Waals surface area contributed by atoms with Crippen molar-refractivity contribution < 1.29 is 4.42 Å². The lowest BCUT2D eigenvalue weighted by molar-refractivity contribution is 0.603. The lowest BCUT2D eigenvalue weighted by Crippen LogP contribution is -2.12. The van der Waals surface area contributed by atoms with Crippen LogP contribution in [-0.4, -0.2) is 4.98 Å². The molecule has 3 N–H and O–H groups in total. The van der Waals surface area contributed by atoms with Crippen molar-refractivity contribution in [1.82, 2.24) is 4.98 Å². The van der Waals surface area contributed by atoms with Gasteiger partial charge < -0.3 is 15.1 Å². The van der Waals surface area contributed by atoms with Crippen LogP contribution >= 0.6 is 0 Å². The Bertz CT molecular complexity index is 1210. The van der Waals surface area contributed by atoms with Gasteiger partial charge in [-0.2, -0.15) is 0 Å². The summed E-state index contributed by atoms with van der Waals surface area (Å²) < 4.78 is 6.27. The fourth-order valence-corrected chi connectivity index (χ4v) is 3.60. The fourth-order valence-electron chi connectivity index (χ4n) is 3.60. The van der Waals surface area contributed by atoms with Gasteiger partial charge in [-0.3, -0.25) is 4.79 Å². The van der Waals surface area contributed by atoms with E-state index in [1.54, 1.807) is 0 Å². The Hall–Kier alpha value is -2.85. The second-order valence-corrected chi connectivity index (χ2v) is 7.16. The Morgan fingerprint density at radius 3 is 2.58 bits per heavy atom. The van der Waals surface area contributed by atoms with Crippen molar-refractivity contribution in [2.45, 2.75) is 33.7 Å². The molecule has 0 radical (unpaired) electrons. The molecule has 4 nitrogen and oxygen atoms in total. The number of fused-ring (bicyclic) bond motifs is 2. The molecule has 0 bridgehead atoms. The largest absolute Gasteiger partial charge is 0.455 e. The van der Waals surface area contributed by atoms with Crippen molar-refractivity contribution in [3.63, 3.8) is 0 Å². The first-order chi connectivity index (χ1) is 12.3. The van der Waals surface area contributed by atoms with E-state index >= 15 is 0 Å². The number of hydrogen-bond donors (Lipinski definition) is 2. The van der Waals surface area contributed by atoms with E-state index in [-0.39, 0.29) is 11.5 Å². The second-order valence-electron chi connectivity index (χ2n) is 7.16. The summed E-state index contributed by atoms with van der Waals surface area (Å²) in [6, 6.07) is 11.8. The monoisotopic (exact) mass is 346 g/mol. The molecule has 0 fully saturated rings. The van der Waals surface area contributed by atoms with E-state index < -0.39 is 0 Å². The van der Waals surface area contributed by atoms with E-state index in [4.69, 9.17) is 10.2 Å². The first-order valence-corrected chi connectivity index (χ1v) is 8.78. The number of nitrogens with two attached hydrogens (primary N) is 1. The second kappa shape index (κ2) is 5.85. The molecule has 4 rings (SSSR count). The number of H-pyrrole nitrogens is 1. The van der Waals surface area contributed by atoms with Crippen molar-refractivity contribution in [1.29, 1.82) is 0 Å². The van der Waals surface area contributed by atoms with E-state index in [0.717, 1.165) is 33.3 Å². The fraction of sp³-hybridized carbons (Fsp3) is 0.227. The van der Waals surface area contributed by atoms with Gasteiger partial charge in [-0.25, -0.2) is 0 Å². The van der Waals surface area contributed by atoms with Crippen LogP contribution in [0.2, 0.25) is 0 Å². The number of nitrogens with one attached hydrogen (secondary N) is 1. The molecule has 0 saturated heterocycles. The molecular formula is C22H22N2O2. The third-order valence-electron chi connectivity index (χ3n) is 4.90. The summed E-state index contributed by atoms with van der Waals surface area (Å²) in [5, 5.41) is 1.69. The van der Waals surface area contributed by atoms with Gasteiger partial charge in [0.05, 0.1) is 5.39 Å².